The van der Waals surface area contributed by atoms with Crippen LogP contribution in [0.3, 0.4) is 0 Å². The van der Waals surface area contributed by atoms with Crippen molar-refractivity contribution in [2.24, 2.45) is 16.8 Å². The number of nitrogens with zero attached hydrogens (tertiary/aromatic N) is 2. The first-order chi connectivity index (χ1) is 7.08. The lowest BCUT2D eigenvalue weighted by Crippen LogP contribution is -2.30. The minimum absolute atomic E-state index is 0.805. The highest BCUT2D eigenvalue weighted by atomic mass is 15.1. The predicted octanol–water partition coefficient (Wildman–Crippen LogP) is 2.84. The van der Waals surface area contributed by atoms with Gasteiger partial charge in [0.2, 0.25) is 0 Å². The molecule has 0 saturated heterocycles. The summed E-state index contributed by atoms with van der Waals surface area (Å²) in [6, 6.07) is 0. The number of hydrogen-bond acceptors (Lipinski definition) is 2. The Hall–Kier alpha value is -0.370. The molecule has 0 aliphatic carbocycles. The van der Waals surface area contributed by atoms with Crippen LogP contribution in [-0.4, -0.2) is 37.3 Å². The molecule has 88 valence electrons. The minimum atomic E-state index is 0.805. The number of aliphatic imine (C=N–C) groups is 1. The molecule has 1 unspecified atom stereocenters. The SMILES string of the molecule is CC(C)CCN(C)CC1=NCCC(C)C1. The van der Waals surface area contributed by atoms with E-state index < -0.39 is 0 Å². The summed E-state index contributed by atoms with van der Waals surface area (Å²) < 4.78 is 0. The van der Waals surface area contributed by atoms with Gasteiger partial charge in [0.25, 0.3) is 0 Å². The molecule has 2 heteroatoms. The third-order valence-corrected chi connectivity index (χ3v) is 3.08. The molecule has 0 radical (unpaired) electrons. The van der Waals surface area contributed by atoms with Crippen molar-refractivity contribution in [2.45, 2.75) is 40.0 Å². The van der Waals surface area contributed by atoms with Crippen molar-refractivity contribution < 1.29 is 0 Å². The average Bonchev–Trinajstić information content (AvgIpc) is 2.15. The number of rotatable bonds is 5. The fourth-order valence-electron chi connectivity index (χ4n) is 2.00. The molecular weight excluding hydrogens is 184 g/mol. The second-order valence-corrected chi connectivity index (χ2v) is 5.47. The van der Waals surface area contributed by atoms with Crippen LogP contribution in [0.2, 0.25) is 0 Å². The van der Waals surface area contributed by atoms with Crippen LogP contribution in [0.25, 0.3) is 0 Å². The zero-order valence-corrected chi connectivity index (χ0v) is 10.8. The molecule has 2 nitrogen and oxygen atoms in total. The molecule has 0 aromatic carbocycles. The molecule has 1 heterocycles. The third-order valence-electron chi connectivity index (χ3n) is 3.08. The Labute approximate surface area is 94.8 Å². The molecule has 0 N–H and O–H groups in total. The Kier molecular flexibility index (Phi) is 5.30. The lowest BCUT2D eigenvalue weighted by atomic mass is 9.97. The van der Waals surface area contributed by atoms with Crippen molar-refractivity contribution >= 4 is 5.71 Å². The summed E-state index contributed by atoms with van der Waals surface area (Å²) in [5.41, 5.74) is 1.42. The van der Waals surface area contributed by atoms with E-state index in [1.54, 1.807) is 0 Å². The first-order valence-electron chi connectivity index (χ1n) is 6.28. The molecule has 1 aliphatic rings. The van der Waals surface area contributed by atoms with Crippen molar-refractivity contribution in [3.8, 4) is 0 Å². The van der Waals surface area contributed by atoms with E-state index in [0.29, 0.717) is 0 Å². The Balaban J connectivity index is 2.25. The van der Waals surface area contributed by atoms with E-state index in [-0.39, 0.29) is 0 Å². The normalized spacial score (nSPS) is 22.3. The Morgan fingerprint density at radius 2 is 2.20 bits per heavy atom. The fourth-order valence-corrected chi connectivity index (χ4v) is 2.00. The summed E-state index contributed by atoms with van der Waals surface area (Å²) in [5, 5.41) is 0. The molecule has 15 heavy (non-hydrogen) atoms. The van der Waals surface area contributed by atoms with Gasteiger partial charge in [-0.3, -0.25) is 4.99 Å². The molecule has 0 aromatic heterocycles. The van der Waals surface area contributed by atoms with Gasteiger partial charge in [-0.15, -0.1) is 0 Å². The van der Waals surface area contributed by atoms with E-state index in [0.717, 1.165) is 24.9 Å². The summed E-state index contributed by atoms with van der Waals surface area (Å²) in [7, 11) is 2.21. The second kappa shape index (κ2) is 6.26. The van der Waals surface area contributed by atoms with Gasteiger partial charge in [0.05, 0.1) is 0 Å². The van der Waals surface area contributed by atoms with Crippen LogP contribution in [0.15, 0.2) is 4.99 Å². The molecule has 0 saturated carbocycles. The minimum Gasteiger partial charge on any atom is -0.301 e. The monoisotopic (exact) mass is 210 g/mol. The van der Waals surface area contributed by atoms with Crippen molar-refractivity contribution in [1.29, 1.82) is 0 Å². The van der Waals surface area contributed by atoms with Crippen LogP contribution in [0.5, 0.6) is 0 Å². The first kappa shape index (κ1) is 12.7. The average molecular weight is 210 g/mol. The van der Waals surface area contributed by atoms with Gasteiger partial charge in [-0.1, -0.05) is 20.8 Å². The third kappa shape index (κ3) is 5.31. The molecule has 1 rings (SSSR count). The molecule has 0 amide bonds. The molecule has 0 aromatic rings. The van der Waals surface area contributed by atoms with Gasteiger partial charge in [0.15, 0.2) is 0 Å². The first-order valence-corrected chi connectivity index (χ1v) is 6.28. The van der Waals surface area contributed by atoms with Crippen LogP contribution >= 0.6 is 0 Å². The maximum Gasteiger partial charge on any atom is 0.0391 e. The topological polar surface area (TPSA) is 15.6 Å². The fraction of sp³-hybridized carbons (Fsp3) is 0.923. The highest BCUT2D eigenvalue weighted by Crippen LogP contribution is 2.14. The van der Waals surface area contributed by atoms with E-state index in [9.17, 15) is 0 Å². The summed E-state index contributed by atoms with van der Waals surface area (Å²) in [6.07, 6.45) is 3.78. The standard InChI is InChI=1S/C13H26N2/c1-11(2)6-8-15(4)10-13-9-12(3)5-7-14-13/h11-12H,5-10H2,1-4H3. The zero-order chi connectivity index (χ0) is 11.3. The Morgan fingerprint density at radius 3 is 2.80 bits per heavy atom. The zero-order valence-electron chi connectivity index (χ0n) is 10.8. The van der Waals surface area contributed by atoms with Crippen molar-refractivity contribution in [1.82, 2.24) is 4.90 Å². The Bertz CT molecular complexity index is 209. The van der Waals surface area contributed by atoms with E-state index >= 15 is 0 Å². The van der Waals surface area contributed by atoms with E-state index in [1.807, 2.05) is 0 Å². The van der Waals surface area contributed by atoms with Crippen LogP contribution in [0, 0.1) is 11.8 Å². The van der Waals surface area contributed by atoms with Gasteiger partial charge in [-0.25, -0.2) is 0 Å². The molecule has 1 aliphatic heterocycles. The van der Waals surface area contributed by atoms with Crippen molar-refractivity contribution in [3.63, 3.8) is 0 Å². The predicted molar refractivity (Wildman–Crippen MR) is 67.7 cm³/mol. The van der Waals surface area contributed by atoms with Gasteiger partial charge in [0.1, 0.15) is 0 Å². The van der Waals surface area contributed by atoms with E-state index in [2.05, 4.69) is 37.7 Å². The largest absolute Gasteiger partial charge is 0.301 e. The Morgan fingerprint density at radius 1 is 1.47 bits per heavy atom. The lowest BCUT2D eigenvalue weighted by molar-refractivity contribution is 0.343. The van der Waals surface area contributed by atoms with Gasteiger partial charge in [0, 0.05) is 18.8 Å². The summed E-state index contributed by atoms with van der Waals surface area (Å²) in [4.78, 5) is 7.04. The van der Waals surface area contributed by atoms with E-state index in [4.69, 9.17) is 0 Å². The van der Waals surface area contributed by atoms with Crippen LogP contribution in [0.1, 0.15) is 40.0 Å². The highest BCUT2D eigenvalue weighted by molar-refractivity contribution is 5.87. The summed E-state index contributed by atoms with van der Waals surface area (Å²) in [5.74, 6) is 1.65. The van der Waals surface area contributed by atoms with Gasteiger partial charge in [-0.2, -0.15) is 0 Å². The van der Waals surface area contributed by atoms with Gasteiger partial charge >= 0.3 is 0 Å². The molecule has 1 atom stereocenters. The smallest absolute Gasteiger partial charge is 0.0391 e. The highest BCUT2D eigenvalue weighted by Gasteiger charge is 2.13. The van der Waals surface area contributed by atoms with Gasteiger partial charge < -0.3 is 4.90 Å². The van der Waals surface area contributed by atoms with Crippen LogP contribution in [-0.2, 0) is 0 Å². The maximum absolute atomic E-state index is 4.62. The summed E-state index contributed by atoms with van der Waals surface area (Å²) >= 11 is 0. The summed E-state index contributed by atoms with van der Waals surface area (Å²) in [6.45, 7) is 10.2. The van der Waals surface area contributed by atoms with Crippen molar-refractivity contribution in [3.05, 3.63) is 0 Å². The molecule has 0 bridgehead atoms. The quantitative estimate of drug-likeness (QED) is 0.681. The van der Waals surface area contributed by atoms with Gasteiger partial charge in [-0.05, 0) is 44.7 Å². The van der Waals surface area contributed by atoms with Crippen molar-refractivity contribution in [2.75, 3.05) is 26.7 Å². The molecule has 0 fully saturated rings. The van der Waals surface area contributed by atoms with Crippen LogP contribution in [0.4, 0.5) is 0 Å². The second-order valence-electron chi connectivity index (χ2n) is 5.47. The molecular formula is C13H26N2. The maximum atomic E-state index is 4.62. The number of hydrogen-bond donors (Lipinski definition) is 0. The van der Waals surface area contributed by atoms with E-state index in [1.165, 1.54) is 31.5 Å². The molecule has 0 spiro atoms. The lowest BCUT2D eigenvalue weighted by Gasteiger charge is -2.23. The van der Waals surface area contributed by atoms with Crippen LogP contribution < -0.4 is 0 Å².